The van der Waals surface area contributed by atoms with Crippen LogP contribution in [0.4, 0.5) is 0 Å². The minimum absolute atomic E-state index is 0.411. The van der Waals surface area contributed by atoms with Gasteiger partial charge in [-0.15, -0.1) is 0 Å². The van der Waals surface area contributed by atoms with Gasteiger partial charge in [0.1, 0.15) is 12.2 Å². The van der Waals surface area contributed by atoms with Gasteiger partial charge in [0.05, 0.1) is 10.8 Å². The van der Waals surface area contributed by atoms with Crippen molar-refractivity contribution in [3.8, 4) is 0 Å². The molecule has 0 radical (unpaired) electrons. The van der Waals surface area contributed by atoms with Crippen LogP contribution in [-0.4, -0.2) is 43.8 Å². The SMILES string of the molecule is ON(O)O[C@@H]1CCC[C@H]1ON(O)O. The van der Waals surface area contributed by atoms with Crippen LogP contribution in [0.25, 0.3) is 0 Å². The summed E-state index contributed by atoms with van der Waals surface area (Å²) >= 11 is 0. The fourth-order valence-electron chi connectivity index (χ4n) is 1.38. The number of rotatable bonds is 4. The van der Waals surface area contributed by atoms with E-state index in [1.54, 1.807) is 0 Å². The second-order valence-corrected chi connectivity index (χ2v) is 2.72. The van der Waals surface area contributed by atoms with E-state index in [0.717, 1.165) is 6.42 Å². The molecule has 13 heavy (non-hydrogen) atoms. The van der Waals surface area contributed by atoms with Crippen molar-refractivity contribution in [2.75, 3.05) is 0 Å². The van der Waals surface area contributed by atoms with Crippen LogP contribution in [0.2, 0.25) is 0 Å². The molecular formula is C5H12N2O6. The van der Waals surface area contributed by atoms with Gasteiger partial charge in [0.25, 0.3) is 0 Å². The molecule has 0 bridgehead atoms. The Hall–Kier alpha value is -0.320. The topological polar surface area (TPSA) is 106 Å². The van der Waals surface area contributed by atoms with Gasteiger partial charge in [0.15, 0.2) is 0 Å². The Morgan fingerprint density at radius 1 is 0.846 bits per heavy atom. The lowest BCUT2D eigenvalue weighted by molar-refractivity contribution is -0.535. The maximum atomic E-state index is 8.34. The minimum Gasteiger partial charge on any atom is -0.266 e. The third kappa shape index (κ3) is 3.50. The Balaban J connectivity index is 2.35. The molecule has 0 aromatic rings. The van der Waals surface area contributed by atoms with Crippen LogP contribution in [-0.2, 0) is 9.68 Å². The third-order valence-corrected chi connectivity index (χ3v) is 1.85. The van der Waals surface area contributed by atoms with E-state index in [-0.39, 0.29) is 0 Å². The predicted octanol–water partition coefficient (Wildman–Crippen LogP) is -0.0685. The summed E-state index contributed by atoms with van der Waals surface area (Å²) in [6, 6.07) is 0. The van der Waals surface area contributed by atoms with Gasteiger partial charge in [0.2, 0.25) is 0 Å². The molecule has 8 nitrogen and oxygen atoms in total. The zero-order valence-electron chi connectivity index (χ0n) is 6.78. The first-order valence-corrected chi connectivity index (χ1v) is 3.79. The smallest absolute Gasteiger partial charge is 0.113 e. The van der Waals surface area contributed by atoms with Gasteiger partial charge in [-0.05, 0) is 19.3 Å². The molecule has 4 N–H and O–H groups in total. The summed E-state index contributed by atoms with van der Waals surface area (Å²) in [7, 11) is 0. The second-order valence-electron chi connectivity index (χ2n) is 2.72. The molecule has 0 amide bonds. The Morgan fingerprint density at radius 3 is 1.54 bits per heavy atom. The summed E-state index contributed by atoms with van der Waals surface area (Å²) in [5.74, 6) is 0. The van der Waals surface area contributed by atoms with Crippen LogP contribution < -0.4 is 0 Å². The molecule has 1 saturated carbocycles. The molecule has 8 heteroatoms. The van der Waals surface area contributed by atoms with E-state index >= 15 is 0 Å². The molecule has 0 aromatic heterocycles. The fraction of sp³-hybridized carbons (Fsp3) is 1.00. The first kappa shape index (κ1) is 10.8. The molecule has 1 aliphatic carbocycles. The van der Waals surface area contributed by atoms with Crippen LogP contribution >= 0.6 is 0 Å². The molecule has 1 rings (SSSR count). The average molecular weight is 196 g/mol. The molecule has 0 aliphatic heterocycles. The van der Waals surface area contributed by atoms with Crippen molar-refractivity contribution in [2.24, 2.45) is 0 Å². The van der Waals surface area contributed by atoms with E-state index in [1.807, 2.05) is 0 Å². The van der Waals surface area contributed by atoms with Crippen molar-refractivity contribution in [3.05, 3.63) is 0 Å². The van der Waals surface area contributed by atoms with Crippen LogP contribution in [0, 0.1) is 0 Å². The van der Waals surface area contributed by atoms with Crippen LogP contribution in [0.3, 0.4) is 0 Å². The molecule has 1 fully saturated rings. The molecule has 1 aliphatic rings. The molecule has 78 valence electrons. The average Bonchev–Trinajstić information content (AvgIpc) is 2.34. The Morgan fingerprint density at radius 2 is 1.23 bits per heavy atom. The number of nitrogens with zero attached hydrogens (tertiary/aromatic N) is 2. The van der Waals surface area contributed by atoms with Crippen molar-refractivity contribution in [2.45, 2.75) is 31.5 Å². The van der Waals surface area contributed by atoms with E-state index in [0.29, 0.717) is 12.8 Å². The zero-order chi connectivity index (χ0) is 9.84. The molecule has 0 spiro atoms. The highest BCUT2D eigenvalue weighted by molar-refractivity contribution is 4.77. The summed E-state index contributed by atoms with van der Waals surface area (Å²) in [5, 5.41) is 32.5. The van der Waals surface area contributed by atoms with Crippen molar-refractivity contribution < 1.29 is 30.5 Å². The molecule has 0 aromatic carbocycles. The van der Waals surface area contributed by atoms with Gasteiger partial charge >= 0.3 is 0 Å². The van der Waals surface area contributed by atoms with Gasteiger partial charge < -0.3 is 0 Å². The monoisotopic (exact) mass is 196 g/mol. The first-order chi connectivity index (χ1) is 6.09. The van der Waals surface area contributed by atoms with Gasteiger partial charge in [-0.1, -0.05) is 0 Å². The van der Waals surface area contributed by atoms with Gasteiger partial charge in [-0.2, -0.15) is 0 Å². The Labute approximate surface area is 73.8 Å². The molecule has 0 saturated heterocycles. The second kappa shape index (κ2) is 4.79. The highest BCUT2D eigenvalue weighted by Gasteiger charge is 2.32. The molecule has 2 atom stereocenters. The normalized spacial score (nSPS) is 29.1. The van der Waals surface area contributed by atoms with Crippen LogP contribution in [0.5, 0.6) is 0 Å². The third-order valence-electron chi connectivity index (χ3n) is 1.85. The van der Waals surface area contributed by atoms with E-state index in [2.05, 4.69) is 9.68 Å². The van der Waals surface area contributed by atoms with Crippen molar-refractivity contribution in [1.29, 1.82) is 0 Å². The quantitative estimate of drug-likeness (QED) is 0.463. The van der Waals surface area contributed by atoms with E-state index < -0.39 is 23.0 Å². The van der Waals surface area contributed by atoms with Crippen LogP contribution in [0.15, 0.2) is 0 Å². The fourth-order valence-corrected chi connectivity index (χ4v) is 1.38. The molecule has 0 unspecified atom stereocenters. The van der Waals surface area contributed by atoms with Crippen molar-refractivity contribution in [1.82, 2.24) is 10.8 Å². The molecular weight excluding hydrogens is 184 g/mol. The minimum atomic E-state index is -0.600. The van der Waals surface area contributed by atoms with Crippen LogP contribution in [0.1, 0.15) is 19.3 Å². The summed E-state index contributed by atoms with van der Waals surface area (Å²) in [4.78, 5) is 8.99. The van der Waals surface area contributed by atoms with E-state index in [4.69, 9.17) is 20.8 Å². The summed E-state index contributed by atoms with van der Waals surface area (Å²) in [6.07, 6.45) is 0.650. The maximum absolute atomic E-state index is 8.34. The van der Waals surface area contributed by atoms with Gasteiger partial charge in [0, 0.05) is 0 Å². The van der Waals surface area contributed by atoms with E-state index in [1.165, 1.54) is 0 Å². The lowest BCUT2D eigenvalue weighted by Gasteiger charge is -2.21. The first-order valence-electron chi connectivity index (χ1n) is 3.79. The lowest BCUT2D eigenvalue weighted by atomic mass is 10.3. The standard InChI is InChI=1S/C5H12N2O6/c8-6(9)12-4-2-1-3-5(4)13-7(10)11/h4-5,8-11H,1-3H2/t4-,5-/m1/s1. The zero-order valence-corrected chi connectivity index (χ0v) is 6.78. The lowest BCUT2D eigenvalue weighted by Crippen LogP contribution is -2.35. The maximum Gasteiger partial charge on any atom is 0.113 e. The highest BCUT2D eigenvalue weighted by atomic mass is 17.1. The van der Waals surface area contributed by atoms with E-state index in [9.17, 15) is 0 Å². The highest BCUT2D eigenvalue weighted by Crippen LogP contribution is 2.25. The summed E-state index contributed by atoms with van der Waals surface area (Å²) in [6.45, 7) is 0. The summed E-state index contributed by atoms with van der Waals surface area (Å²) in [5.41, 5.74) is 0. The van der Waals surface area contributed by atoms with Gasteiger partial charge in [-0.3, -0.25) is 20.8 Å². The molecule has 0 heterocycles. The largest absolute Gasteiger partial charge is 0.266 e. The Kier molecular flexibility index (Phi) is 3.96. The van der Waals surface area contributed by atoms with Gasteiger partial charge in [-0.25, -0.2) is 9.68 Å². The predicted molar refractivity (Wildman–Crippen MR) is 34.4 cm³/mol. The number of hydrogen-bond donors (Lipinski definition) is 4. The van der Waals surface area contributed by atoms with Crippen molar-refractivity contribution in [3.63, 3.8) is 0 Å². The summed E-state index contributed by atoms with van der Waals surface area (Å²) < 4.78 is 0. The Bertz CT molecular complexity index is 138. The number of hydrogen-bond acceptors (Lipinski definition) is 8. The van der Waals surface area contributed by atoms with Crippen molar-refractivity contribution >= 4 is 0 Å².